The van der Waals surface area contributed by atoms with E-state index in [-0.39, 0.29) is 5.43 Å². The van der Waals surface area contributed by atoms with Gasteiger partial charge in [0.15, 0.2) is 5.43 Å². The standard InChI is InChI=1S/C12H12INO/c1-3-10-7(2)12(15)8-5-4-6-9(13)11(8)14-10/h4-6H,3H2,1-2H3,(H,14,15). The molecule has 0 saturated heterocycles. The Morgan fingerprint density at radius 3 is 2.80 bits per heavy atom. The quantitative estimate of drug-likeness (QED) is 0.807. The minimum Gasteiger partial charge on any atom is -0.357 e. The van der Waals surface area contributed by atoms with Gasteiger partial charge in [-0.1, -0.05) is 13.0 Å². The van der Waals surface area contributed by atoms with Crippen molar-refractivity contribution < 1.29 is 0 Å². The van der Waals surface area contributed by atoms with E-state index in [0.29, 0.717) is 0 Å². The fraction of sp³-hybridized carbons (Fsp3) is 0.250. The van der Waals surface area contributed by atoms with Crippen molar-refractivity contribution in [3.05, 3.63) is 43.2 Å². The van der Waals surface area contributed by atoms with Gasteiger partial charge in [-0.2, -0.15) is 0 Å². The Morgan fingerprint density at radius 2 is 2.13 bits per heavy atom. The molecular weight excluding hydrogens is 301 g/mol. The van der Waals surface area contributed by atoms with Gasteiger partial charge in [0, 0.05) is 20.2 Å². The van der Waals surface area contributed by atoms with Crippen LogP contribution < -0.4 is 5.43 Å². The van der Waals surface area contributed by atoms with Crippen LogP contribution in [0.5, 0.6) is 0 Å². The van der Waals surface area contributed by atoms with Crippen LogP contribution in [-0.4, -0.2) is 4.98 Å². The van der Waals surface area contributed by atoms with Crippen LogP contribution in [0.15, 0.2) is 23.0 Å². The van der Waals surface area contributed by atoms with Crippen LogP contribution in [0.2, 0.25) is 0 Å². The molecule has 0 aliphatic rings. The molecule has 2 aromatic rings. The number of para-hydroxylation sites is 1. The van der Waals surface area contributed by atoms with Gasteiger partial charge in [-0.3, -0.25) is 4.79 Å². The SMILES string of the molecule is CCc1[nH]c2c(I)cccc2c(=O)c1C. The van der Waals surface area contributed by atoms with Gasteiger partial charge in [0.1, 0.15) is 0 Å². The first-order valence-electron chi connectivity index (χ1n) is 4.95. The molecule has 15 heavy (non-hydrogen) atoms. The lowest BCUT2D eigenvalue weighted by Gasteiger charge is -2.07. The molecule has 1 aromatic heterocycles. The van der Waals surface area contributed by atoms with E-state index in [2.05, 4.69) is 34.5 Å². The predicted octanol–water partition coefficient (Wildman–Crippen LogP) is 3.00. The highest BCUT2D eigenvalue weighted by Gasteiger charge is 2.08. The molecule has 1 heterocycles. The number of pyridine rings is 1. The Morgan fingerprint density at radius 1 is 1.40 bits per heavy atom. The van der Waals surface area contributed by atoms with Crippen LogP contribution in [-0.2, 0) is 6.42 Å². The lowest BCUT2D eigenvalue weighted by molar-refractivity contribution is 1.02. The second-order valence-corrected chi connectivity index (χ2v) is 4.74. The summed E-state index contributed by atoms with van der Waals surface area (Å²) in [5, 5.41) is 0.789. The second-order valence-electron chi connectivity index (χ2n) is 3.57. The van der Waals surface area contributed by atoms with Crippen LogP contribution in [0, 0.1) is 10.5 Å². The highest BCUT2D eigenvalue weighted by molar-refractivity contribution is 14.1. The van der Waals surface area contributed by atoms with Gasteiger partial charge in [0.2, 0.25) is 0 Å². The first-order chi connectivity index (χ1) is 7.15. The van der Waals surface area contributed by atoms with E-state index in [1.54, 1.807) is 0 Å². The van der Waals surface area contributed by atoms with Crippen LogP contribution in [0.25, 0.3) is 10.9 Å². The maximum absolute atomic E-state index is 12.0. The number of H-pyrrole nitrogens is 1. The summed E-state index contributed by atoms with van der Waals surface area (Å²) in [6.45, 7) is 3.94. The zero-order valence-electron chi connectivity index (χ0n) is 8.73. The Kier molecular flexibility index (Phi) is 2.82. The van der Waals surface area contributed by atoms with Crippen molar-refractivity contribution in [1.82, 2.24) is 4.98 Å². The molecule has 1 aromatic carbocycles. The maximum atomic E-state index is 12.0. The number of fused-ring (bicyclic) bond motifs is 1. The Hall–Kier alpha value is -0.840. The molecule has 2 rings (SSSR count). The summed E-state index contributed by atoms with van der Waals surface area (Å²) >= 11 is 2.25. The zero-order valence-corrected chi connectivity index (χ0v) is 10.9. The monoisotopic (exact) mass is 313 g/mol. The number of aromatic nitrogens is 1. The third-order valence-corrected chi connectivity index (χ3v) is 3.58. The summed E-state index contributed by atoms with van der Waals surface area (Å²) in [7, 11) is 0. The van der Waals surface area contributed by atoms with Gasteiger partial charge in [-0.15, -0.1) is 0 Å². The van der Waals surface area contributed by atoms with Gasteiger partial charge in [-0.05, 0) is 48.1 Å². The van der Waals surface area contributed by atoms with Crippen molar-refractivity contribution in [3.63, 3.8) is 0 Å². The topological polar surface area (TPSA) is 32.9 Å². The minimum atomic E-state index is 0.152. The minimum absolute atomic E-state index is 0.152. The summed E-state index contributed by atoms with van der Waals surface area (Å²) < 4.78 is 1.09. The van der Waals surface area contributed by atoms with Crippen molar-refractivity contribution in [3.8, 4) is 0 Å². The number of hydrogen-bond donors (Lipinski definition) is 1. The van der Waals surface area contributed by atoms with Gasteiger partial charge in [-0.25, -0.2) is 0 Å². The fourth-order valence-electron chi connectivity index (χ4n) is 1.78. The molecule has 0 fully saturated rings. The van der Waals surface area contributed by atoms with E-state index in [9.17, 15) is 4.79 Å². The molecule has 78 valence electrons. The second kappa shape index (κ2) is 3.96. The summed E-state index contributed by atoms with van der Waals surface area (Å²) in [6.07, 6.45) is 0.863. The highest BCUT2D eigenvalue weighted by atomic mass is 127. The fourth-order valence-corrected chi connectivity index (χ4v) is 2.41. The summed E-state index contributed by atoms with van der Waals surface area (Å²) in [4.78, 5) is 15.4. The average Bonchev–Trinajstić information content (AvgIpc) is 2.24. The lowest BCUT2D eigenvalue weighted by atomic mass is 10.1. The van der Waals surface area contributed by atoms with Gasteiger partial charge < -0.3 is 4.98 Å². The van der Waals surface area contributed by atoms with Gasteiger partial charge in [0.25, 0.3) is 0 Å². The van der Waals surface area contributed by atoms with Crippen molar-refractivity contribution in [2.24, 2.45) is 0 Å². The molecule has 0 saturated carbocycles. The third-order valence-electron chi connectivity index (χ3n) is 2.68. The van der Waals surface area contributed by atoms with E-state index in [1.165, 1.54) is 0 Å². The molecule has 2 nitrogen and oxygen atoms in total. The zero-order chi connectivity index (χ0) is 11.0. The first kappa shape index (κ1) is 10.7. The van der Waals surface area contributed by atoms with E-state index in [4.69, 9.17) is 0 Å². The molecule has 0 radical (unpaired) electrons. The number of benzene rings is 1. The predicted molar refractivity (Wildman–Crippen MR) is 71.4 cm³/mol. The van der Waals surface area contributed by atoms with Crippen molar-refractivity contribution in [2.45, 2.75) is 20.3 Å². The largest absolute Gasteiger partial charge is 0.357 e. The molecule has 0 spiro atoms. The van der Waals surface area contributed by atoms with Crippen LogP contribution in [0.4, 0.5) is 0 Å². The Bertz CT molecular complexity index is 572. The van der Waals surface area contributed by atoms with Crippen LogP contribution >= 0.6 is 22.6 Å². The summed E-state index contributed by atoms with van der Waals surface area (Å²) in [5.74, 6) is 0. The van der Waals surface area contributed by atoms with Crippen molar-refractivity contribution >= 4 is 33.5 Å². The molecule has 3 heteroatoms. The van der Waals surface area contributed by atoms with Crippen molar-refractivity contribution in [1.29, 1.82) is 0 Å². The number of aromatic amines is 1. The molecule has 0 aliphatic carbocycles. The number of hydrogen-bond acceptors (Lipinski definition) is 1. The molecule has 0 amide bonds. The van der Waals surface area contributed by atoms with E-state index < -0.39 is 0 Å². The van der Waals surface area contributed by atoms with Gasteiger partial charge in [0.05, 0.1) is 5.52 Å². The average molecular weight is 313 g/mol. The summed E-state index contributed by atoms with van der Waals surface area (Å²) in [6, 6.07) is 5.81. The number of rotatable bonds is 1. The normalized spacial score (nSPS) is 10.9. The smallest absolute Gasteiger partial charge is 0.192 e. The van der Waals surface area contributed by atoms with E-state index in [1.807, 2.05) is 25.1 Å². The molecule has 0 atom stereocenters. The summed E-state index contributed by atoms with van der Waals surface area (Å²) in [5.41, 5.74) is 2.99. The van der Waals surface area contributed by atoms with E-state index >= 15 is 0 Å². The van der Waals surface area contributed by atoms with Crippen LogP contribution in [0.3, 0.4) is 0 Å². The molecular formula is C12H12INO. The molecule has 1 N–H and O–H groups in total. The van der Waals surface area contributed by atoms with Crippen molar-refractivity contribution in [2.75, 3.05) is 0 Å². The Balaban J connectivity index is 2.98. The molecule has 0 bridgehead atoms. The number of nitrogens with one attached hydrogen (secondary N) is 1. The maximum Gasteiger partial charge on any atom is 0.192 e. The van der Waals surface area contributed by atoms with Crippen LogP contribution in [0.1, 0.15) is 18.2 Å². The number of aryl methyl sites for hydroxylation is 1. The third kappa shape index (κ3) is 1.69. The highest BCUT2D eigenvalue weighted by Crippen LogP contribution is 2.17. The lowest BCUT2D eigenvalue weighted by Crippen LogP contribution is -2.11. The first-order valence-corrected chi connectivity index (χ1v) is 6.03. The van der Waals surface area contributed by atoms with E-state index in [0.717, 1.165) is 32.2 Å². The molecule has 0 aliphatic heterocycles. The van der Waals surface area contributed by atoms with Gasteiger partial charge >= 0.3 is 0 Å². The Labute approximate surface area is 102 Å². The molecule has 0 unspecified atom stereocenters. The number of halogens is 1.